The van der Waals surface area contributed by atoms with Crippen molar-refractivity contribution >= 4 is 5.76 Å². The summed E-state index contributed by atoms with van der Waals surface area (Å²) in [5.41, 5.74) is 1.11. The monoisotopic (exact) mass is 188 g/mol. The van der Waals surface area contributed by atoms with Crippen LogP contribution < -0.4 is 0 Å². The molecule has 14 heavy (non-hydrogen) atoms. The summed E-state index contributed by atoms with van der Waals surface area (Å²) < 4.78 is 5.29. The van der Waals surface area contributed by atoms with Crippen LogP contribution in [-0.2, 0) is 4.74 Å². The standard InChI is InChI=1S/C13H16O/c1-3-4-6-11-13(14-2)12-9-7-5-8-10-12/h4-11H,3H2,1-2H3/b6-4+,13-11-. The Morgan fingerprint density at radius 2 is 2.00 bits per heavy atom. The normalized spacial score (nSPS) is 12.0. The topological polar surface area (TPSA) is 9.23 Å². The second-order valence-corrected chi connectivity index (χ2v) is 2.94. The average molecular weight is 188 g/mol. The molecule has 0 saturated carbocycles. The molecule has 0 heterocycles. The summed E-state index contributed by atoms with van der Waals surface area (Å²) in [6.07, 6.45) is 7.15. The largest absolute Gasteiger partial charge is 0.496 e. The Labute approximate surface area is 85.7 Å². The van der Waals surface area contributed by atoms with Gasteiger partial charge < -0.3 is 4.74 Å². The Morgan fingerprint density at radius 1 is 1.29 bits per heavy atom. The van der Waals surface area contributed by atoms with Gasteiger partial charge in [0.2, 0.25) is 0 Å². The highest BCUT2D eigenvalue weighted by molar-refractivity contribution is 5.61. The second kappa shape index (κ2) is 6.03. The van der Waals surface area contributed by atoms with Crippen LogP contribution >= 0.6 is 0 Å². The first-order chi connectivity index (χ1) is 6.88. The number of ether oxygens (including phenoxy) is 1. The van der Waals surface area contributed by atoms with E-state index in [0.717, 1.165) is 17.7 Å². The summed E-state index contributed by atoms with van der Waals surface area (Å²) in [7, 11) is 1.69. The van der Waals surface area contributed by atoms with Crippen molar-refractivity contribution in [3.05, 3.63) is 54.1 Å². The molecule has 0 radical (unpaired) electrons. The maximum absolute atomic E-state index is 5.29. The van der Waals surface area contributed by atoms with Crippen molar-refractivity contribution in [1.82, 2.24) is 0 Å². The van der Waals surface area contributed by atoms with Crippen molar-refractivity contribution in [1.29, 1.82) is 0 Å². The zero-order valence-corrected chi connectivity index (χ0v) is 8.73. The first-order valence-corrected chi connectivity index (χ1v) is 4.84. The van der Waals surface area contributed by atoms with Crippen LogP contribution in [-0.4, -0.2) is 7.11 Å². The van der Waals surface area contributed by atoms with Gasteiger partial charge in [0.15, 0.2) is 0 Å². The molecule has 1 heteroatoms. The van der Waals surface area contributed by atoms with Crippen molar-refractivity contribution in [3.8, 4) is 0 Å². The Hall–Kier alpha value is -1.50. The lowest BCUT2D eigenvalue weighted by Gasteiger charge is -2.04. The van der Waals surface area contributed by atoms with E-state index in [1.54, 1.807) is 7.11 Å². The first kappa shape index (κ1) is 10.6. The minimum atomic E-state index is 0.898. The number of rotatable bonds is 4. The number of allylic oxidation sites excluding steroid dienone is 3. The molecule has 1 aromatic carbocycles. The van der Waals surface area contributed by atoms with Gasteiger partial charge in [0.1, 0.15) is 5.76 Å². The molecule has 0 atom stereocenters. The maximum Gasteiger partial charge on any atom is 0.126 e. The van der Waals surface area contributed by atoms with Crippen LogP contribution in [0, 0.1) is 0 Å². The van der Waals surface area contributed by atoms with E-state index < -0.39 is 0 Å². The molecular weight excluding hydrogens is 172 g/mol. The molecule has 0 aliphatic rings. The summed E-state index contributed by atoms with van der Waals surface area (Å²) in [5.74, 6) is 0.898. The highest BCUT2D eigenvalue weighted by Gasteiger charge is 1.96. The Bertz CT molecular complexity index is 309. The van der Waals surface area contributed by atoms with Crippen LogP contribution in [0.5, 0.6) is 0 Å². The zero-order valence-electron chi connectivity index (χ0n) is 8.73. The van der Waals surface area contributed by atoms with Gasteiger partial charge in [0.05, 0.1) is 7.11 Å². The molecule has 0 fully saturated rings. The Kier molecular flexibility index (Phi) is 4.56. The molecule has 0 aliphatic carbocycles. The van der Waals surface area contributed by atoms with Crippen molar-refractivity contribution in [2.45, 2.75) is 13.3 Å². The fraction of sp³-hybridized carbons (Fsp3) is 0.231. The van der Waals surface area contributed by atoms with Gasteiger partial charge in [-0.25, -0.2) is 0 Å². The van der Waals surface area contributed by atoms with Gasteiger partial charge in [-0.3, -0.25) is 0 Å². The van der Waals surface area contributed by atoms with Crippen molar-refractivity contribution in [2.75, 3.05) is 7.11 Å². The van der Waals surface area contributed by atoms with Crippen LogP contribution in [0.1, 0.15) is 18.9 Å². The van der Waals surface area contributed by atoms with E-state index >= 15 is 0 Å². The Morgan fingerprint density at radius 3 is 2.57 bits per heavy atom. The van der Waals surface area contributed by atoms with Crippen molar-refractivity contribution < 1.29 is 4.74 Å². The van der Waals surface area contributed by atoms with Gasteiger partial charge in [0.25, 0.3) is 0 Å². The first-order valence-electron chi connectivity index (χ1n) is 4.84. The van der Waals surface area contributed by atoms with E-state index in [9.17, 15) is 0 Å². The minimum Gasteiger partial charge on any atom is -0.496 e. The third kappa shape index (κ3) is 3.09. The lowest BCUT2D eigenvalue weighted by molar-refractivity contribution is 0.370. The van der Waals surface area contributed by atoms with E-state index in [0.29, 0.717) is 0 Å². The predicted molar refractivity (Wildman–Crippen MR) is 60.9 cm³/mol. The van der Waals surface area contributed by atoms with Gasteiger partial charge in [0, 0.05) is 5.56 Å². The molecule has 0 saturated heterocycles. The van der Waals surface area contributed by atoms with Gasteiger partial charge in [-0.1, -0.05) is 49.4 Å². The quantitative estimate of drug-likeness (QED) is 0.517. The summed E-state index contributed by atoms with van der Waals surface area (Å²) >= 11 is 0. The average Bonchev–Trinajstić information content (AvgIpc) is 2.26. The molecule has 74 valence electrons. The molecule has 0 unspecified atom stereocenters. The predicted octanol–water partition coefficient (Wildman–Crippen LogP) is 3.64. The van der Waals surface area contributed by atoms with Gasteiger partial charge in [-0.15, -0.1) is 0 Å². The van der Waals surface area contributed by atoms with E-state index in [1.807, 2.05) is 42.5 Å². The molecule has 1 rings (SSSR count). The van der Waals surface area contributed by atoms with Crippen LogP contribution in [0.4, 0.5) is 0 Å². The minimum absolute atomic E-state index is 0.898. The van der Waals surface area contributed by atoms with E-state index in [4.69, 9.17) is 4.74 Å². The fourth-order valence-electron chi connectivity index (χ4n) is 1.18. The van der Waals surface area contributed by atoms with Crippen LogP contribution in [0.3, 0.4) is 0 Å². The number of benzene rings is 1. The zero-order chi connectivity index (χ0) is 10.2. The summed E-state index contributed by atoms with van der Waals surface area (Å²) in [5, 5.41) is 0. The molecule has 0 bridgehead atoms. The molecule has 0 N–H and O–H groups in total. The summed E-state index contributed by atoms with van der Waals surface area (Å²) in [6, 6.07) is 10.1. The van der Waals surface area contributed by atoms with Crippen molar-refractivity contribution in [2.24, 2.45) is 0 Å². The maximum atomic E-state index is 5.29. The summed E-state index contributed by atoms with van der Waals surface area (Å²) in [6.45, 7) is 2.11. The third-order valence-electron chi connectivity index (χ3n) is 1.90. The van der Waals surface area contributed by atoms with Gasteiger partial charge in [-0.2, -0.15) is 0 Å². The lowest BCUT2D eigenvalue weighted by Crippen LogP contribution is -1.85. The smallest absolute Gasteiger partial charge is 0.126 e. The SMILES string of the molecule is CC/C=C/C=C(\OC)c1ccccc1. The van der Waals surface area contributed by atoms with E-state index in [1.165, 1.54) is 0 Å². The van der Waals surface area contributed by atoms with Gasteiger partial charge in [-0.05, 0) is 12.5 Å². The lowest BCUT2D eigenvalue weighted by atomic mass is 10.2. The fourth-order valence-corrected chi connectivity index (χ4v) is 1.18. The van der Waals surface area contributed by atoms with Crippen LogP contribution in [0.25, 0.3) is 5.76 Å². The Balaban J connectivity index is 2.82. The summed E-state index contributed by atoms with van der Waals surface area (Å²) in [4.78, 5) is 0. The molecule has 1 aromatic rings. The highest BCUT2D eigenvalue weighted by Crippen LogP contribution is 2.14. The number of methoxy groups -OCH3 is 1. The van der Waals surface area contributed by atoms with Crippen LogP contribution in [0.15, 0.2) is 48.6 Å². The van der Waals surface area contributed by atoms with Crippen LogP contribution in [0.2, 0.25) is 0 Å². The highest BCUT2D eigenvalue weighted by atomic mass is 16.5. The number of hydrogen-bond acceptors (Lipinski definition) is 1. The second-order valence-electron chi connectivity index (χ2n) is 2.94. The molecule has 0 spiro atoms. The molecular formula is C13H16O. The third-order valence-corrected chi connectivity index (χ3v) is 1.90. The van der Waals surface area contributed by atoms with E-state index in [-0.39, 0.29) is 0 Å². The number of hydrogen-bond donors (Lipinski definition) is 0. The van der Waals surface area contributed by atoms with E-state index in [2.05, 4.69) is 13.0 Å². The van der Waals surface area contributed by atoms with Crippen molar-refractivity contribution in [3.63, 3.8) is 0 Å². The van der Waals surface area contributed by atoms with Gasteiger partial charge >= 0.3 is 0 Å². The molecule has 0 amide bonds. The molecule has 0 aliphatic heterocycles. The molecule has 1 nitrogen and oxygen atoms in total. The molecule has 0 aromatic heterocycles.